The molecule has 1 fully saturated rings. The van der Waals surface area contributed by atoms with E-state index in [1.54, 1.807) is 13.8 Å². The van der Waals surface area contributed by atoms with Crippen molar-refractivity contribution in [3.05, 3.63) is 0 Å². The summed E-state index contributed by atoms with van der Waals surface area (Å²) in [5.41, 5.74) is -0.681. The molecule has 0 bridgehead atoms. The van der Waals surface area contributed by atoms with Crippen LogP contribution in [0.15, 0.2) is 0 Å². The minimum Gasteiger partial charge on any atom is -0.480 e. The maximum absolute atomic E-state index is 11.0. The number of nitrogens with zero attached hydrogens (tertiary/aromatic N) is 2. The molecule has 1 rings (SSSR count). The summed E-state index contributed by atoms with van der Waals surface area (Å²) in [6.07, 6.45) is 0.640. The Morgan fingerprint density at radius 3 is 2.18 bits per heavy atom. The number of carboxylic acid groups (broad SMARTS) is 1. The van der Waals surface area contributed by atoms with Crippen LogP contribution in [0.3, 0.4) is 0 Å². The Morgan fingerprint density at radius 2 is 1.82 bits per heavy atom. The molecule has 0 aliphatic carbocycles. The van der Waals surface area contributed by atoms with Gasteiger partial charge in [-0.1, -0.05) is 6.92 Å². The van der Waals surface area contributed by atoms with Gasteiger partial charge in [-0.15, -0.1) is 0 Å². The highest BCUT2D eigenvalue weighted by Gasteiger charge is 2.28. The van der Waals surface area contributed by atoms with Crippen molar-refractivity contribution in [1.82, 2.24) is 9.80 Å². The molecule has 17 heavy (non-hydrogen) atoms. The molecule has 1 atom stereocenters. The van der Waals surface area contributed by atoms with Crippen molar-refractivity contribution in [3.8, 4) is 0 Å². The van der Waals surface area contributed by atoms with Crippen molar-refractivity contribution in [2.75, 3.05) is 32.7 Å². The predicted molar refractivity (Wildman–Crippen MR) is 66.0 cm³/mol. The van der Waals surface area contributed by atoms with Crippen LogP contribution in [-0.4, -0.2) is 70.3 Å². The lowest BCUT2D eigenvalue weighted by atomic mass is 10.1. The molecule has 1 unspecified atom stereocenters. The first-order chi connectivity index (χ1) is 7.83. The average Bonchev–Trinajstić information content (AvgIpc) is 2.18. The first-order valence-corrected chi connectivity index (χ1v) is 6.25. The molecule has 0 radical (unpaired) electrons. The largest absolute Gasteiger partial charge is 0.480 e. The van der Waals surface area contributed by atoms with Crippen LogP contribution in [0.4, 0.5) is 0 Å². The van der Waals surface area contributed by atoms with Gasteiger partial charge in [0.25, 0.3) is 0 Å². The smallest absolute Gasteiger partial charge is 0.320 e. The Labute approximate surface area is 103 Å². The lowest BCUT2D eigenvalue weighted by Crippen LogP contribution is -2.54. The fourth-order valence-corrected chi connectivity index (χ4v) is 2.37. The monoisotopic (exact) mass is 244 g/mol. The highest BCUT2D eigenvalue weighted by Crippen LogP contribution is 2.12. The molecule has 1 heterocycles. The van der Waals surface area contributed by atoms with Crippen LogP contribution in [0.25, 0.3) is 0 Å². The second kappa shape index (κ2) is 5.80. The number of hydrogen-bond donors (Lipinski definition) is 2. The molecule has 1 aliphatic heterocycles. The molecule has 1 aliphatic rings. The summed E-state index contributed by atoms with van der Waals surface area (Å²) in [6, 6.07) is -0.362. The summed E-state index contributed by atoms with van der Waals surface area (Å²) in [6.45, 7) is 9.33. The molecule has 5 heteroatoms. The van der Waals surface area contributed by atoms with Crippen molar-refractivity contribution in [2.24, 2.45) is 0 Å². The van der Waals surface area contributed by atoms with Crippen molar-refractivity contribution in [2.45, 2.75) is 38.8 Å². The van der Waals surface area contributed by atoms with E-state index in [0.29, 0.717) is 13.0 Å². The Balaban J connectivity index is 2.42. The summed E-state index contributed by atoms with van der Waals surface area (Å²) >= 11 is 0. The van der Waals surface area contributed by atoms with E-state index in [9.17, 15) is 9.90 Å². The summed E-state index contributed by atoms with van der Waals surface area (Å²) in [7, 11) is 0. The highest BCUT2D eigenvalue weighted by molar-refractivity contribution is 5.73. The maximum atomic E-state index is 11.0. The van der Waals surface area contributed by atoms with Crippen LogP contribution in [0.2, 0.25) is 0 Å². The number of aliphatic hydroxyl groups is 1. The molecule has 1 saturated heterocycles. The van der Waals surface area contributed by atoms with E-state index in [1.165, 1.54) is 0 Å². The van der Waals surface area contributed by atoms with Crippen molar-refractivity contribution in [3.63, 3.8) is 0 Å². The molecule has 0 spiro atoms. The topological polar surface area (TPSA) is 64.0 Å². The minimum atomic E-state index is -0.733. The van der Waals surface area contributed by atoms with Crippen LogP contribution >= 0.6 is 0 Å². The third kappa shape index (κ3) is 4.61. The molecule has 2 N–H and O–H groups in total. The summed E-state index contributed by atoms with van der Waals surface area (Å²) in [5.74, 6) is -0.733. The molecule has 100 valence electrons. The van der Waals surface area contributed by atoms with Crippen LogP contribution in [-0.2, 0) is 4.79 Å². The molecule has 0 aromatic heterocycles. The Kier molecular flexibility index (Phi) is 4.91. The van der Waals surface area contributed by atoms with E-state index in [-0.39, 0.29) is 6.04 Å². The van der Waals surface area contributed by atoms with E-state index in [1.807, 2.05) is 11.8 Å². The number of carbonyl (C=O) groups is 1. The molecular weight excluding hydrogens is 220 g/mol. The number of rotatable bonds is 5. The van der Waals surface area contributed by atoms with Crippen LogP contribution in [0, 0.1) is 0 Å². The third-order valence-electron chi connectivity index (χ3n) is 3.13. The van der Waals surface area contributed by atoms with E-state index in [2.05, 4.69) is 4.90 Å². The van der Waals surface area contributed by atoms with E-state index in [4.69, 9.17) is 5.11 Å². The lowest BCUT2D eigenvalue weighted by molar-refractivity contribution is -0.144. The SMILES string of the molecule is CCC(C(=O)O)N1CCN(CC(C)(C)O)CC1. The Morgan fingerprint density at radius 1 is 1.29 bits per heavy atom. The standard InChI is InChI=1S/C12H24N2O3/c1-4-10(11(15)16)14-7-5-13(6-8-14)9-12(2,3)17/h10,17H,4-9H2,1-3H3,(H,15,16). The zero-order valence-corrected chi connectivity index (χ0v) is 11.0. The molecule has 0 aromatic carbocycles. The summed E-state index contributed by atoms with van der Waals surface area (Å²) in [5, 5.41) is 18.8. The second-order valence-corrected chi connectivity index (χ2v) is 5.39. The van der Waals surface area contributed by atoms with Gasteiger partial charge in [0, 0.05) is 32.7 Å². The number of β-amino-alcohol motifs (C(OH)–C–C–N with tert-alkyl or cyclic N) is 1. The van der Waals surface area contributed by atoms with Gasteiger partial charge < -0.3 is 10.2 Å². The zero-order chi connectivity index (χ0) is 13.1. The van der Waals surface area contributed by atoms with Crippen LogP contribution in [0.5, 0.6) is 0 Å². The fraction of sp³-hybridized carbons (Fsp3) is 0.917. The van der Waals surface area contributed by atoms with Gasteiger partial charge in [0.05, 0.1) is 5.60 Å². The molecular formula is C12H24N2O3. The van der Waals surface area contributed by atoms with Gasteiger partial charge in [-0.3, -0.25) is 14.6 Å². The van der Waals surface area contributed by atoms with Gasteiger partial charge in [0.15, 0.2) is 0 Å². The highest BCUT2D eigenvalue weighted by atomic mass is 16.4. The third-order valence-corrected chi connectivity index (χ3v) is 3.13. The van der Waals surface area contributed by atoms with E-state index < -0.39 is 11.6 Å². The van der Waals surface area contributed by atoms with Crippen molar-refractivity contribution < 1.29 is 15.0 Å². The second-order valence-electron chi connectivity index (χ2n) is 5.39. The number of carboxylic acids is 1. The van der Waals surface area contributed by atoms with Gasteiger partial charge in [-0.2, -0.15) is 0 Å². The Bertz CT molecular complexity index is 255. The molecule has 5 nitrogen and oxygen atoms in total. The van der Waals surface area contributed by atoms with Crippen molar-refractivity contribution >= 4 is 5.97 Å². The maximum Gasteiger partial charge on any atom is 0.320 e. The van der Waals surface area contributed by atoms with Crippen LogP contribution in [0.1, 0.15) is 27.2 Å². The van der Waals surface area contributed by atoms with Gasteiger partial charge >= 0.3 is 5.97 Å². The predicted octanol–water partition coefficient (Wildman–Crippen LogP) is 0.238. The van der Waals surface area contributed by atoms with Gasteiger partial charge in [-0.05, 0) is 20.3 Å². The summed E-state index contributed by atoms with van der Waals surface area (Å²) < 4.78 is 0. The average molecular weight is 244 g/mol. The first-order valence-electron chi connectivity index (χ1n) is 6.25. The normalized spacial score (nSPS) is 21.4. The van der Waals surface area contributed by atoms with Gasteiger partial charge in [0.1, 0.15) is 6.04 Å². The lowest BCUT2D eigenvalue weighted by Gasteiger charge is -2.39. The Hall–Kier alpha value is -0.650. The summed E-state index contributed by atoms with van der Waals surface area (Å²) in [4.78, 5) is 15.2. The van der Waals surface area contributed by atoms with Crippen LogP contribution < -0.4 is 0 Å². The van der Waals surface area contributed by atoms with Gasteiger partial charge in [-0.25, -0.2) is 0 Å². The number of aliphatic carboxylic acids is 1. The quantitative estimate of drug-likeness (QED) is 0.725. The van der Waals surface area contributed by atoms with Crippen molar-refractivity contribution in [1.29, 1.82) is 0 Å². The number of hydrogen-bond acceptors (Lipinski definition) is 4. The zero-order valence-electron chi connectivity index (χ0n) is 11.0. The first kappa shape index (κ1) is 14.4. The molecule has 0 saturated carbocycles. The van der Waals surface area contributed by atoms with E-state index >= 15 is 0 Å². The minimum absolute atomic E-state index is 0.362. The number of piperazine rings is 1. The molecule has 0 aromatic rings. The molecule has 0 amide bonds. The van der Waals surface area contributed by atoms with E-state index in [0.717, 1.165) is 26.2 Å². The fourth-order valence-electron chi connectivity index (χ4n) is 2.37. The van der Waals surface area contributed by atoms with Gasteiger partial charge in [0.2, 0.25) is 0 Å².